The van der Waals surface area contributed by atoms with Crippen LogP contribution < -0.4 is 5.32 Å². The molecule has 21 heavy (non-hydrogen) atoms. The number of rotatable bonds is 16. The van der Waals surface area contributed by atoms with Crippen LogP contribution in [0.15, 0.2) is 0 Å². The summed E-state index contributed by atoms with van der Waals surface area (Å²) in [5.41, 5.74) is 0. The normalized spacial score (nSPS) is 14.3. The third-order valence-electron chi connectivity index (χ3n) is 3.90. The Hall–Kier alpha value is -0.120. The van der Waals surface area contributed by atoms with Crippen molar-refractivity contribution in [1.29, 1.82) is 0 Å². The molecule has 0 fully saturated rings. The molecule has 0 aromatic heterocycles. The van der Waals surface area contributed by atoms with Gasteiger partial charge in [0.05, 0.1) is 12.7 Å². The molecular weight excluding hydrogens is 262 g/mol. The predicted molar refractivity (Wildman–Crippen MR) is 91.8 cm³/mol. The summed E-state index contributed by atoms with van der Waals surface area (Å²) in [4.78, 5) is 0. The van der Waals surface area contributed by atoms with Crippen molar-refractivity contribution in [2.75, 3.05) is 19.8 Å². The van der Waals surface area contributed by atoms with Gasteiger partial charge in [-0.2, -0.15) is 0 Å². The summed E-state index contributed by atoms with van der Waals surface area (Å²) in [6.07, 6.45) is 12.3. The molecule has 0 aliphatic heterocycles. The quantitative estimate of drug-likeness (QED) is 0.418. The van der Waals surface area contributed by atoms with Crippen molar-refractivity contribution in [3.8, 4) is 0 Å². The molecule has 2 unspecified atom stereocenters. The minimum absolute atomic E-state index is 0.376. The van der Waals surface area contributed by atoms with Crippen molar-refractivity contribution in [2.24, 2.45) is 0 Å². The highest BCUT2D eigenvalue weighted by atomic mass is 16.5. The lowest BCUT2D eigenvalue weighted by atomic mass is 10.1. The summed E-state index contributed by atoms with van der Waals surface area (Å²) in [7, 11) is 0. The van der Waals surface area contributed by atoms with Gasteiger partial charge in [0, 0.05) is 19.2 Å². The minimum Gasteiger partial charge on any atom is -0.389 e. The van der Waals surface area contributed by atoms with E-state index in [1.807, 2.05) is 0 Å². The minimum atomic E-state index is -0.376. The first-order chi connectivity index (χ1) is 10.2. The average Bonchev–Trinajstić information content (AvgIpc) is 2.48. The summed E-state index contributed by atoms with van der Waals surface area (Å²) >= 11 is 0. The molecule has 2 atom stereocenters. The molecule has 0 saturated heterocycles. The van der Waals surface area contributed by atoms with Gasteiger partial charge in [0.15, 0.2) is 0 Å². The fourth-order valence-corrected chi connectivity index (χ4v) is 2.40. The standard InChI is InChI=1S/C18H39NO2/c1-4-6-8-9-10-12-14-21-16-18(20)15-19-17(3)13-11-7-5-2/h17-20H,4-16H2,1-3H3. The second-order valence-electron chi connectivity index (χ2n) is 6.30. The van der Waals surface area contributed by atoms with Crippen molar-refractivity contribution >= 4 is 0 Å². The van der Waals surface area contributed by atoms with E-state index in [1.54, 1.807) is 0 Å². The predicted octanol–water partition coefficient (Wildman–Crippen LogP) is 4.28. The highest BCUT2D eigenvalue weighted by Crippen LogP contribution is 2.05. The summed E-state index contributed by atoms with van der Waals surface area (Å²) < 4.78 is 5.54. The molecule has 0 amide bonds. The maximum atomic E-state index is 9.85. The summed E-state index contributed by atoms with van der Waals surface area (Å²) in [5, 5.41) is 13.2. The van der Waals surface area contributed by atoms with E-state index in [0.717, 1.165) is 13.0 Å². The van der Waals surface area contributed by atoms with Crippen LogP contribution in [0, 0.1) is 0 Å². The van der Waals surface area contributed by atoms with Crippen molar-refractivity contribution < 1.29 is 9.84 Å². The molecule has 0 aliphatic rings. The zero-order chi connectivity index (χ0) is 15.8. The van der Waals surface area contributed by atoms with Crippen LogP contribution in [-0.2, 0) is 4.74 Å². The Morgan fingerprint density at radius 1 is 0.905 bits per heavy atom. The molecule has 2 N–H and O–H groups in total. The van der Waals surface area contributed by atoms with Gasteiger partial charge in [-0.25, -0.2) is 0 Å². The molecule has 0 bridgehead atoms. The number of unbranched alkanes of at least 4 members (excludes halogenated alkanes) is 7. The van der Waals surface area contributed by atoms with Gasteiger partial charge in [-0.05, 0) is 19.8 Å². The van der Waals surface area contributed by atoms with Gasteiger partial charge >= 0.3 is 0 Å². The Balaban J connectivity index is 3.28. The number of hydrogen-bond donors (Lipinski definition) is 2. The number of ether oxygens (including phenoxy) is 1. The van der Waals surface area contributed by atoms with Crippen molar-refractivity contribution in [2.45, 2.75) is 97.1 Å². The zero-order valence-electron chi connectivity index (χ0n) is 14.7. The number of aliphatic hydroxyl groups is 1. The fourth-order valence-electron chi connectivity index (χ4n) is 2.40. The van der Waals surface area contributed by atoms with Gasteiger partial charge in [0.2, 0.25) is 0 Å². The number of nitrogens with one attached hydrogen (secondary N) is 1. The lowest BCUT2D eigenvalue weighted by Crippen LogP contribution is -2.36. The van der Waals surface area contributed by atoms with E-state index in [1.165, 1.54) is 57.8 Å². The molecule has 0 aromatic rings. The van der Waals surface area contributed by atoms with Crippen LogP contribution in [0.5, 0.6) is 0 Å². The Labute approximate surface area is 132 Å². The third kappa shape index (κ3) is 16.1. The van der Waals surface area contributed by atoms with Crippen LogP contribution in [0.3, 0.4) is 0 Å². The highest BCUT2D eigenvalue weighted by Gasteiger charge is 2.07. The van der Waals surface area contributed by atoms with E-state index in [4.69, 9.17) is 4.74 Å². The monoisotopic (exact) mass is 301 g/mol. The third-order valence-corrected chi connectivity index (χ3v) is 3.90. The van der Waals surface area contributed by atoms with Gasteiger partial charge < -0.3 is 15.2 Å². The molecule has 0 heterocycles. The first-order valence-electron chi connectivity index (χ1n) is 9.19. The Morgan fingerprint density at radius 3 is 2.24 bits per heavy atom. The van der Waals surface area contributed by atoms with Crippen LogP contribution in [0.4, 0.5) is 0 Å². The van der Waals surface area contributed by atoms with Crippen molar-refractivity contribution in [3.05, 3.63) is 0 Å². The maximum Gasteiger partial charge on any atom is 0.0897 e. The maximum absolute atomic E-state index is 9.85. The van der Waals surface area contributed by atoms with Gasteiger partial charge in [-0.15, -0.1) is 0 Å². The zero-order valence-corrected chi connectivity index (χ0v) is 14.7. The molecule has 3 heteroatoms. The lowest BCUT2D eigenvalue weighted by Gasteiger charge is -2.17. The van der Waals surface area contributed by atoms with Gasteiger partial charge in [0.1, 0.15) is 0 Å². The first-order valence-corrected chi connectivity index (χ1v) is 9.19. The molecular formula is C18H39NO2. The molecule has 0 radical (unpaired) electrons. The van der Waals surface area contributed by atoms with E-state index in [2.05, 4.69) is 26.1 Å². The van der Waals surface area contributed by atoms with Crippen LogP contribution in [0.1, 0.15) is 85.0 Å². The molecule has 0 rings (SSSR count). The van der Waals surface area contributed by atoms with Crippen molar-refractivity contribution in [3.63, 3.8) is 0 Å². The summed E-state index contributed by atoms with van der Waals surface area (Å²) in [6, 6.07) is 0.491. The molecule has 128 valence electrons. The van der Waals surface area contributed by atoms with E-state index in [-0.39, 0.29) is 6.10 Å². The first kappa shape index (κ1) is 20.9. The average molecular weight is 302 g/mol. The van der Waals surface area contributed by atoms with E-state index < -0.39 is 0 Å². The van der Waals surface area contributed by atoms with Crippen LogP contribution >= 0.6 is 0 Å². The second kappa shape index (κ2) is 16.3. The lowest BCUT2D eigenvalue weighted by molar-refractivity contribution is 0.0342. The molecule has 0 aliphatic carbocycles. The second-order valence-corrected chi connectivity index (χ2v) is 6.30. The largest absolute Gasteiger partial charge is 0.389 e. The number of aliphatic hydroxyl groups excluding tert-OH is 1. The van der Waals surface area contributed by atoms with E-state index >= 15 is 0 Å². The van der Waals surface area contributed by atoms with Crippen LogP contribution in [0.25, 0.3) is 0 Å². The highest BCUT2D eigenvalue weighted by molar-refractivity contribution is 4.65. The van der Waals surface area contributed by atoms with Crippen LogP contribution in [0.2, 0.25) is 0 Å². The molecule has 3 nitrogen and oxygen atoms in total. The smallest absolute Gasteiger partial charge is 0.0897 e. The molecule has 0 spiro atoms. The van der Waals surface area contributed by atoms with E-state index in [9.17, 15) is 5.11 Å². The van der Waals surface area contributed by atoms with Gasteiger partial charge in [0.25, 0.3) is 0 Å². The Bertz CT molecular complexity index is 200. The topological polar surface area (TPSA) is 41.5 Å². The van der Waals surface area contributed by atoms with Gasteiger partial charge in [-0.3, -0.25) is 0 Å². The number of hydrogen-bond acceptors (Lipinski definition) is 3. The Kier molecular flexibility index (Phi) is 16.2. The SMILES string of the molecule is CCCCCCCCOCC(O)CNC(C)CCCCC. The fraction of sp³-hybridized carbons (Fsp3) is 1.00. The Morgan fingerprint density at radius 2 is 1.52 bits per heavy atom. The summed E-state index contributed by atoms with van der Waals surface area (Å²) in [6.45, 7) is 8.55. The molecule has 0 saturated carbocycles. The summed E-state index contributed by atoms with van der Waals surface area (Å²) in [5.74, 6) is 0. The van der Waals surface area contributed by atoms with Gasteiger partial charge in [-0.1, -0.05) is 65.2 Å². The molecule has 0 aromatic carbocycles. The van der Waals surface area contributed by atoms with Crippen LogP contribution in [-0.4, -0.2) is 37.0 Å². The van der Waals surface area contributed by atoms with Crippen molar-refractivity contribution in [1.82, 2.24) is 5.32 Å². The van der Waals surface area contributed by atoms with E-state index in [0.29, 0.717) is 19.2 Å².